The zero-order valence-electron chi connectivity index (χ0n) is 13.4. The molecule has 0 spiro atoms. The average Bonchev–Trinajstić information content (AvgIpc) is 2.51. The molecule has 0 aliphatic rings. The zero-order valence-corrected chi connectivity index (χ0v) is 13.4. The molecule has 5 heteroatoms. The van der Waals surface area contributed by atoms with E-state index in [1.54, 1.807) is 36.4 Å². The maximum absolute atomic E-state index is 11.9. The smallest absolute Gasteiger partial charge is 0.314 e. The summed E-state index contributed by atoms with van der Waals surface area (Å²) in [5.41, 5.74) is 2.19. The lowest BCUT2D eigenvalue weighted by molar-refractivity contribution is -0.132. The maximum atomic E-state index is 11.9. The second kappa shape index (κ2) is 7.45. The molecule has 0 aliphatic heterocycles. The van der Waals surface area contributed by atoms with Gasteiger partial charge in [-0.25, -0.2) is 0 Å². The molecule has 0 bridgehead atoms. The molecule has 2 aromatic carbocycles. The van der Waals surface area contributed by atoms with Gasteiger partial charge in [0.05, 0.1) is 6.10 Å². The number of hydrogen-bond acceptors (Lipinski definition) is 3. The largest absolute Gasteiger partial charge is 0.491 e. The fourth-order valence-electron chi connectivity index (χ4n) is 1.90. The van der Waals surface area contributed by atoms with E-state index in [0.717, 1.165) is 5.56 Å². The first-order chi connectivity index (χ1) is 10.9. The second-order valence-corrected chi connectivity index (χ2v) is 5.47. The van der Waals surface area contributed by atoms with E-state index >= 15 is 0 Å². The molecular weight excluding hydrogens is 292 g/mol. The Morgan fingerprint density at radius 2 is 1.26 bits per heavy atom. The van der Waals surface area contributed by atoms with Gasteiger partial charge in [-0.05, 0) is 57.2 Å². The van der Waals surface area contributed by atoms with Crippen molar-refractivity contribution in [1.29, 1.82) is 0 Å². The number of rotatable bonds is 4. The SMILES string of the molecule is Cc1ccc(NC(=O)C(=O)Nc2ccc(OC(C)C)cc2)cc1. The molecule has 0 aliphatic carbocycles. The summed E-state index contributed by atoms with van der Waals surface area (Å²) in [6.07, 6.45) is 0.0794. The van der Waals surface area contributed by atoms with Crippen LogP contribution in [0.25, 0.3) is 0 Å². The molecule has 0 aromatic heterocycles. The number of amides is 2. The molecule has 0 heterocycles. The van der Waals surface area contributed by atoms with E-state index in [-0.39, 0.29) is 6.10 Å². The van der Waals surface area contributed by atoms with Gasteiger partial charge in [0.1, 0.15) is 5.75 Å². The van der Waals surface area contributed by atoms with Crippen molar-refractivity contribution in [2.24, 2.45) is 0 Å². The van der Waals surface area contributed by atoms with Crippen molar-refractivity contribution in [1.82, 2.24) is 0 Å². The van der Waals surface area contributed by atoms with Crippen molar-refractivity contribution >= 4 is 23.2 Å². The number of anilines is 2. The summed E-state index contributed by atoms with van der Waals surface area (Å²) in [5, 5.41) is 5.10. The summed E-state index contributed by atoms with van der Waals surface area (Å²) >= 11 is 0. The van der Waals surface area contributed by atoms with Crippen molar-refractivity contribution in [3.8, 4) is 5.75 Å². The van der Waals surface area contributed by atoms with Gasteiger partial charge in [0.25, 0.3) is 0 Å². The number of nitrogens with one attached hydrogen (secondary N) is 2. The van der Waals surface area contributed by atoms with Crippen LogP contribution < -0.4 is 15.4 Å². The standard InChI is InChI=1S/C18H20N2O3/c1-12(2)23-16-10-8-15(9-11-16)20-18(22)17(21)19-14-6-4-13(3)5-7-14/h4-12H,1-3H3,(H,19,21)(H,20,22). The van der Waals surface area contributed by atoms with Crippen LogP contribution in [0.5, 0.6) is 5.75 Å². The molecule has 0 saturated heterocycles. The second-order valence-electron chi connectivity index (χ2n) is 5.47. The zero-order chi connectivity index (χ0) is 16.8. The number of hydrogen-bond donors (Lipinski definition) is 2. The third-order valence-corrected chi connectivity index (χ3v) is 3.00. The summed E-state index contributed by atoms with van der Waals surface area (Å²) in [5.74, 6) is -0.721. The minimum absolute atomic E-state index is 0.0794. The van der Waals surface area contributed by atoms with Crippen LogP contribution in [0.2, 0.25) is 0 Å². The quantitative estimate of drug-likeness (QED) is 0.851. The van der Waals surface area contributed by atoms with Crippen LogP contribution in [0.1, 0.15) is 19.4 Å². The van der Waals surface area contributed by atoms with E-state index in [0.29, 0.717) is 17.1 Å². The van der Waals surface area contributed by atoms with E-state index < -0.39 is 11.8 Å². The fraction of sp³-hybridized carbons (Fsp3) is 0.222. The van der Waals surface area contributed by atoms with Gasteiger partial charge in [-0.1, -0.05) is 17.7 Å². The lowest BCUT2D eigenvalue weighted by Gasteiger charge is -2.10. The Kier molecular flexibility index (Phi) is 5.36. The van der Waals surface area contributed by atoms with Crippen LogP contribution in [-0.4, -0.2) is 17.9 Å². The molecule has 0 atom stereocenters. The number of aryl methyl sites for hydroxylation is 1. The Hall–Kier alpha value is -2.82. The molecule has 0 unspecified atom stereocenters. The molecule has 2 rings (SSSR count). The summed E-state index contributed by atoms with van der Waals surface area (Å²) in [6.45, 7) is 5.82. The normalized spacial score (nSPS) is 10.3. The monoisotopic (exact) mass is 312 g/mol. The first-order valence-corrected chi connectivity index (χ1v) is 7.40. The Bertz CT molecular complexity index is 676. The summed E-state index contributed by atoms with van der Waals surface area (Å²) < 4.78 is 5.52. The maximum Gasteiger partial charge on any atom is 0.314 e. The van der Waals surface area contributed by atoms with Crippen molar-refractivity contribution in [2.75, 3.05) is 10.6 Å². The first kappa shape index (κ1) is 16.5. The number of carbonyl (C=O) groups is 2. The van der Waals surface area contributed by atoms with E-state index in [1.165, 1.54) is 0 Å². The summed E-state index contributed by atoms with van der Waals surface area (Å²) in [7, 11) is 0. The Morgan fingerprint density at radius 3 is 1.70 bits per heavy atom. The van der Waals surface area contributed by atoms with Gasteiger partial charge in [0.15, 0.2) is 0 Å². The molecular formula is C18H20N2O3. The Morgan fingerprint density at radius 1 is 0.826 bits per heavy atom. The molecule has 2 N–H and O–H groups in total. The van der Waals surface area contributed by atoms with Gasteiger partial charge in [-0.15, -0.1) is 0 Å². The molecule has 2 amide bonds. The highest BCUT2D eigenvalue weighted by atomic mass is 16.5. The summed E-state index contributed by atoms with van der Waals surface area (Å²) in [6, 6.07) is 14.1. The highest BCUT2D eigenvalue weighted by Gasteiger charge is 2.14. The van der Waals surface area contributed by atoms with Crippen molar-refractivity contribution in [3.63, 3.8) is 0 Å². The van der Waals surface area contributed by atoms with Crippen molar-refractivity contribution in [3.05, 3.63) is 54.1 Å². The minimum Gasteiger partial charge on any atom is -0.491 e. The van der Waals surface area contributed by atoms with Gasteiger partial charge in [0, 0.05) is 11.4 Å². The fourth-order valence-corrected chi connectivity index (χ4v) is 1.90. The third kappa shape index (κ3) is 5.14. The van der Waals surface area contributed by atoms with Gasteiger partial charge >= 0.3 is 11.8 Å². The van der Waals surface area contributed by atoms with Gasteiger partial charge in [-0.3, -0.25) is 9.59 Å². The molecule has 2 aromatic rings. The van der Waals surface area contributed by atoms with Crippen molar-refractivity contribution < 1.29 is 14.3 Å². The van der Waals surface area contributed by atoms with E-state index in [1.807, 2.05) is 32.9 Å². The Labute approximate surface area is 135 Å². The van der Waals surface area contributed by atoms with Crippen LogP contribution in [0, 0.1) is 6.92 Å². The minimum atomic E-state index is -0.719. The Balaban J connectivity index is 1.92. The molecule has 120 valence electrons. The van der Waals surface area contributed by atoms with Gasteiger partial charge < -0.3 is 15.4 Å². The highest BCUT2D eigenvalue weighted by Crippen LogP contribution is 2.17. The third-order valence-electron chi connectivity index (χ3n) is 3.00. The first-order valence-electron chi connectivity index (χ1n) is 7.40. The van der Waals surface area contributed by atoms with Crippen LogP contribution in [0.4, 0.5) is 11.4 Å². The summed E-state index contributed by atoms with van der Waals surface area (Å²) in [4.78, 5) is 23.8. The lowest BCUT2D eigenvalue weighted by atomic mass is 10.2. The van der Waals surface area contributed by atoms with E-state index in [4.69, 9.17) is 4.74 Å². The van der Waals surface area contributed by atoms with Crippen LogP contribution >= 0.6 is 0 Å². The predicted molar refractivity (Wildman–Crippen MR) is 90.6 cm³/mol. The van der Waals surface area contributed by atoms with E-state index in [2.05, 4.69) is 10.6 Å². The molecule has 5 nitrogen and oxygen atoms in total. The number of carbonyl (C=O) groups excluding carboxylic acids is 2. The van der Waals surface area contributed by atoms with Crippen LogP contribution in [0.3, 0.4) is 0 Å². The van der Waals surface area contributed by atoms with Gasteiger partial charge in [-0.2, -0.15) is 0 Å². The molecule has 23 heavy (non-hydrogen) atoms. The van der Waals surface area contributed by atoms with Crippen molar-refractivity contribution in [2.45, 2.75) is 26.9 Å². The number of benzene rings is 2. The van der Waals surface area contributed by atoms with E-state index in [9.17, 15) is 9.59 Å². The predicted octanol–water partition coefficient (Wildman–Crippen LogP) is 3.36. The van der Waals surface area contributed by atoms with Crippen LogP contribution in [0.15, 0.2) is 48.5 Å². The molecule has 0 radical (unpaired) electrons. The average molecular weight is 312 g/mol. The molecule has 0 fully saturated rings. The van der Waals surface area contributed by atoms with Gasteiger partial charge in [0.2, 0.25) is 0 Å². The lowest BCUT2D eigenvalue weighted by Crippen LogP contribution is -2.29. The number of ether oxygens (including phenoxy) is 1. The highest BCUT2D eigenvalue weighted by molar-refractivity contribution is 6.43. The topological polar surface area (TPSA) is 67.4 Å². The van der Waals surface area contributed by atoms with Crippen LogP contribution in [-0.2, 0) is 9.59 Å². The molecule has 0 saturated carbocycles.